The standard InChI is InChI=1S/C11H20O3/c1-13-11(8-4-5-8)10(12)9-3-2-6-14-7-9/h8-12H,2-7H2,1H3. The van der Waals surface area contributed by atoms with Crippen LogP contribution in [0, 0.1) is 11.8 Å². The van der Waals surface area contributed by atoms with E-state index >= 15 is 0 Å². The third-order valence-corrected chi connectivity index (χ3v) is 3.37. The van der Waals surface area contributed by atoms with E-state index in [0.717, 1.165) is 19.4 Å². The third kappa shape index (κ3) is 2.27. The normalized spacial score (nSPS) is 32.6. The summed E-state index contributed by atoms with van der Waals surface area (Å²) in [6.45, 7) is 1.55. The highest BCUT2D eigenvalue weighted by atomic mass is 16.5. The Hall–Kier alpha value is -0.120. The van der Waals surface area contributed by atoms with Gasteiger partial charge in [0.1, 0.15) is 0 Å². The molecule has 2 rings (SSSR count). The minimum atomic E-state index is -0.326. The van der Waals surface area contributed by atoms with Crippen molar-refractivity contribution in [2.45, 2.75) is 37.9 Å². The number of ether oxygens (including phenoxy) is 2. The molecule has 1 saturated heterocycles. The lowest BCUT2D eigenvalue weighted by molar-refractivity contribution is -0.0858. The third-order valence-electron chi connectivity index (χ3n) is 3.37. The highest BCUT2D eigenvalue weighted by Crippen LogP contribution is 2.38. The first-order valence-corrected chi connectivity index (χ1v) is 5.61. The first-order chi connectivity index (χ1) is 6.83. The van der Waals surface area contributed by atoms with Crippen molar-refractivity contribution in [3.63, 3.8) is 0 Å². The average Bonchev–Trinajstić information content (AvgIpc) is 3.04. The van der Waals surface area contributed by atoms with Gasteiger partial charge in [-0.25, -0.2) is 0 Å². The SMILES string of the molecule is COC(C1CC1)C(O)C1CCCOC1. The summed E-state index contributed by atoms with van der Waals surface area (Å²) in [5, 5.41) is 10.1. The van der Waals surface area contributed by atoms with Crippen molar-refractivity contribution in [2.75, 3.05) is 20.3 Å². The Morgan fingerprint density at radius 2 is 2.07 bits per heavy atom. The van der Waals surface area contributed by atoms with E-state index in [4.69, 9.17) is 9.47 Å². The predicted octanol–water partition coefficient (Wildman–Crippen LogP) is 1.20. The summed E-state index contributed by atoms with van der Waals surface area (Å²) in [6.07, 6.45) is 4.29. The second kappa shape index (κ2) is 4.60. The van der Waals surface area contributed by atoms with E-state index in [1.165, 1.54) is 12.8 Å². The summed E-state index contributed by atoms with van der Waals surface area (Å²) >= 11 is 0. The van der Waals surface area contributed by atoms with Gasteiger partial charge in [-0.2, -0.15) is 0 Å². The van der Waals surface area contributed by atoms with Crippen molar-refractivity contribution in [1.29, 1.82) is 0 Å². The monoisotopic (exact) mass is 200 g/mol. The summed E-state index contributed by atoms with van der Waals surface area (Å²) in [4.78, 5) is 0. The molecule has 1 saturated carbocycles. The van der Waals surface area contributed by atoms with Crippen molar-refractivity contribution < 1.29 is 14.6 Å². The quantitative estimate of drug-likeness (QED) is 0.741. The van der Waals surface area contributed by atoms with Gasteiger partial charge in [-0.3, -0.25) is 0 Å². The molecule has 0 bridgehead atoms. The van der Waals surface area contributed by atoms with E-state index < -0.39 is 0 Å². The van der Waals surface area contributed by atoms with E-state index in [-0.39, 0.29) is 18.1 Å². The second-order valence-electron chi connectivity index (χ2n) is 4.51. The fraction of sp³-hybridized carbons (Fsp3) is 1.00. The molecule has 0 radical (unpaired) electrons. The molecule has 2 fully saturated rings. The first-order valence-electron chi connectivity index (χ1n) is 5.61. The Balaban J connectivity index is 1.86. The molecule has 3 unspecified atom stereocenters. The Labute approximate surface area is 85.4 Å². The van der Waals surface area contributed by atoms with Gasteiger partial charge in [0.25, 0.3) is 0 Å². The Bertz CT molecular complexity index is 173. The van der Waals surface area contributed by atoms with Gasteiger partial charge in [-0.1, -0.05) is 0 Å². The van der Waals surface area contributed by atoms with Crippen LogP contribution < -0.4 is 0 Å². The van der Waals surface area contributed by atoms with Gasteiger partial charge in [-0.05, 0) is 31.6 Å². The molecule has 1 aliphatic carbocycles. The van der Waals surface area contributed by atoms with Crippen molar-refractivity contribution in [3.8, 4) is 0 Å². The van der Waals surface area contributed by atoms with Crippen molar-refractivity contribution in [3.05, 3.63) is 0 Å². The summed E-state index contributed by atoms with van der Waals surface area (Å²) in [5.74, 6) is 0.881. The lowest BCUT2D eigenvalue weighted by Crippen LogP contribution is -2.40. The molecule has 14 heavy (non-hydrogen) atoms. The number of rotatable bonds is 4. The molecule has 0 amide bonds. The van der Waals surface area contributed by atoms with Gasteiger partial charge in [0, 0.05) is 19.6 Å². The molecule has 0 aromatic carbocycles. The van der Waals surface area contributed by atoms with Crippen LogP contribution in [-0.2, 0) is 9.47 Å². The molecule has 3 nitrogen and oxygen atoms in total. The summed E-state index contributed by atoms with van der Waals surface area (Å²) in [6, 6.07) is 0. The van der Waals surface area contributed by atoms with Crippen molar-refractivity contribution in [2.24, 2.45) is 11.8 Å². The van der Waals surface area contributed by atoms with Gasteiger partial charge < -0.3 is 14.6 Å². The zero-order valence-electron chi connectivity index (χ0n) is 8.82. The molecule has 1 heterocycles. The highest BCUT2D eigenvalue weighted by molar-refractivity contribution is 4.89. The maximum atomic E-state index is 10.1. The molecule has 1 aliphatic heterocycles. The Morgan fingerprint density at radius 1 is 1.29 bits per heavy atom. The Morgan fingerprint density at radius 3 is 2.57 bits per heavy atom. The molecule has 82 valence electrons. The molecular formula is C11H20O3. The number of hydrogen-bond donors (Lipinski definition) is 1. The Kier molecular flexibility index (Phi) is 3.42. The zero-order valence-corrected chi connectivity index (χ0v) is 8.82. The van der Waals surface area contributed by atoms with Crippen LogP contribution >= 0.6 is 0 Å². The largest absolute Gasteiger partial charge is 0.390 e. The molecule has 1 N–H and O–H groups in total. The van der Waals surface area contributed by atoms with Gasteiger partial charge >= 0.3 is 0 Å². The van der Waals surface area contributed by atoms with E-state index in [1.54, 1.807) is 7.11 Å². The van der Waals surface area contributed by atoms with Crippen LogP contribution in [0.2, 0.25) is 0 Å². The van der Waals surface area contributed by atoms with Crippen molar-refractivity contribution >= 4 is 0 Å². The van der Waals surface area contributed by atoms with Crippen LogP contribution in [0.25, 0.3) is 0 Å². The van der Waals surface area contributed by atoms with E-state index in [2.05, 4.69) is 0 Å². The fourth-order valence-electron chi connectivity index (χ4n) is 2.34. The van der Waals surface area contributed by atoms with Gasteiger partial charge in [0.05, 0.1) is 18.8 Å². The highest BCUT2D eigenvalue weighted by Gasteiger charge is 2.39. The topological polar surface area (TPSA) is 38.7 Å². The van der Waals surface area contributed by atoms with E-state index in [1.807, 2.05) is 0 Å². The minimum absolute atomic E-state index is 0.0432. The predicted molar refractivity (Wildman–Crippen MR) is 53.1 cm³/mol. The zero-order chi connectivity index (χ0) is 9.97. The van der Waals surface area contributed by atoms with E-state index in [0.29, 0.717) is 12.5 Å². The lowest BCUT2D eigenvalue weighted by atomic mass is 9.90. The molecule has 3 atom stereocenters. The lowest BCUT2D eigenvalue weighted by Gasteiger charge is -2.31. The molecule has 3 heteroatoms. The minimum Gasteiger partial charge on any atom is -0.390 e. The maximum Gasteiger partial charge on any atom is 0.0861 e. The van der Waals surface area contributed by atoms with Crippen LogP contribution in [0.4, 0.5) is 0 Å². The van der Waals surface area contributed by atoms with Crippen LogP contribution in [-0.4, -0.2) is 37.6 Å². The molecule has 0 spiro atoms. The molecule has 0 aromatic rings. The van der Waals surface area contributed by atoms with Crippen LogP contribution in [0.1, 0.15) is 25.7 Å². The summed E-state index contributed by atoms with van der Waals surface area (Å²) < 4.78 is 10.8. The average molecular weight is 200 g/mol. The van der Waals surface area contributed by atoms with Gasteiger partial charge in [0.15, 0.2) is 0 Å². The number of aliphatic hydroxyl groups excluding tert-OH is 1. The number of aliphatic hydroxyl groups is 1. The summed E-state index contributed by atoms with van der Waals surface area (Å²) in [7, 11) is 1.70. The molecular weight excluding hydrogens is 180 g/mol. The van der Waals surface area contributed by atoms with Crippen LogP contribution in [0.3, 0.4) is 0 Å². The number of methoxy groups -OCH3 is 1. The van der Waals surface area contributed by atoms with Gasteiger partial charge in [0.2, 0.25) is 0 Å². The second-order valence-corrected chi connectivity index (χ2v) is 4.51. The summed E-state index contributed by atoms with van der Waals surface area (Å²) in [5.41, 5.74) is 0. The van der Waals surface area contributed by atoms with Crippen molar-refractivity contribution in [1.82, 2.24) is 0 Å². The van der Waals surface area contributed by atoms with E-state index in [9.17, 15) is 5.11 Å². The van der Waals surface area contributed by atoms with Crippen LogP contribution in [0.15, 0.2) is 0 Å². The maximum absolute atomic E-state index is 10.1. The fourth-order valence-corrected chi connectivity index (χ4v) is 2.34. The first kappa shape index (κ1) is 10.4. The smallest absolute Gasteiger partial charge is 0.0861 e. The number of hydrogen-bond acceptors (Lipinski definition) is 3. The molecule has 0 aromatic heterocycles. The van der Waals surface area contributed by atoms with Crippen LogP contribution in [0.5, 0.6) is 0 Å². The molecule has 2 aliphatic rings. The van der Waals surface area contributed by atoms with Gasteiger partial charge in [-0.15, -0.1) is 0 Å².